The summed E-state index contributed by atoms with van der Waals surface area (Å²) in [5.74, 6) is -0.576. The highest BCUT2D eigenvalue weighted by atomic mass is 35.5. The van der Waals surface area contributed by atoms with Crippen molar-refractivity contribution in [2.45, 2.75) is 6.10 Å². The van der Waals surface area contributed by atoms with Gasteiger partial charge in [0.2, 0.25) is 0 Å². The van der Waals surface area contributed by atoms with Crippen molar-refractivity contribution in [3.05, 3.63) is 68.8 Å². The Morgan fingerprint density at radius 1 is 1.10 bits per heavy atom. The lowest BCUT2D eigenvalue weighted by atomic mass is 10.0. The predicted molar refractivity (Wildman–Crippen MR) is 74.4 cm³/mol. The van der Waals surface area contributed by atoms with Gasteiger partial charge in [-0.25, -0.2) is 9.18 Å². The van der Waals surface area contributed by atoms with Crippen LogP contribution >= 0.6 is 11.6 Å². The van der Waals surface area contributed by atoms with Gasteiger partial charge in [-0.3, -0.25) is 0 Å². The number of hydrogen-bond acceptors (Lipinski definition) is 2. The number of halogens is 2. The molecule has 1 atom stereocenters. The third-order valence-electron chi connectivity index (χ3n) is 3.11. The minimum atomic E-state index is -1.13. The largest absolute Gasteiger partial charge is 0.384 e. The molecule has 0 amide bonds. The number of aliphatic hydroxyl groups excluding tert-OH is 1. The van der Waals surface area contributed by atoms with Gasteiger partial charge >= 0.3 is 5.69 Å². The minimum Gasteiger partial charge on any atom is -0.384 e. The van der Waals surface area contributed by atoms with E-state index >= 15 is 0 Å². The fourth-order valence-electron chi connectivity index (χ4n) is 2.12. The van der Waals surface area contributed by atoms with Crippen LogP contribution in [-0.4, -0.2) is 15.1 Å². The second kappa shape index (κ2) is 4.77. The second-order valence-corrected chi connectivity index (χ2v) is 4.89. The van der Waals surface area contributed by atoms with Gasteiger partial charge in [-0.05, 0) is 29.8 Å². The maximum absolute atomic E-state index is 13.8. The van der Waals surface area contributed by atoms with E-state index in [0.29, 0.717) is 16.6 Å². The molecule has 1 heterocycles. The first-order valence-corrected chi connectivity index (χ1v) is 6.27. The number of imidazole rings is 1. The molecule has 0 aliphatic heterocycles. The van der Waals surface area contributed by atoms with Crippen LogP contribution in [-0.2, 0) is 0 Å². The molecule has 4 nitrogen and oxygen atoms in total. The first kappa shape index (κ1) is 12.9. The van der Waals surface area contributed by atoms with Gasteiger partial charge in [-0.15, -0.1) is 0 Å². The Morgan fingerprint density at radius 2 is 1.85 bits per heavy atom. The Kier molecular flexibility index (Phi) is 3.08. The lowest BCUT2D eigenvalue weighted by molar-refractivity contribution is 0.215. The van der Waals surface area contributed by atoms with Gasteiger partial charge in [0, 0.05) is 10.6 Å². The van der Waals surface area contributed by atoms with Crippen LogP contribution in [0.5, 0.6) is 0 Å². The molecule has 0 bridgehead atoms. The number of nitrogens with one attached hydrogen (secondary N) is 2. The Hall–Kier alpha value is -2.11. The molecule has 0 saturated heterocycles. The zero-order chi connectivity index (χ0) is 14.3. The van der Waals surface area contributed by atoms with E-state index in [1.165, 1.54) is 12.1 Å². The Labute approximate surface area is 117 Å². The molecular weight excluding hydrogens is 283 g/mol. The van der Waals surface area contributed by atoms with Crippen molar-refractivity contribution in [1.29, 1.82) is 0 Å². The van der Waals surface area contributed by atoms with Crippen LogP contribution in [0.15, 0.2) is 41.2 Å². The zero-order valence-corrected chi connectivity index (χ0v) is 10.9. The van der Waals surface area contributed by atoms with Gasteiger partial charge in [0.15, 0.2) is 0 Å². The molecule has 3 aromatic rings. The molecule has 0 radical (unpaired) electrons. The molecule has 0 aliphatic rings. The first-order chi connectivity index (χ1) is 9.54. The third-order valence-corrected chi connectivity index (χ3v) is 3.35. The van der Waals surface area contributed by atoms with Gasteiger partial charge in [0.05, 0.1) is 11.0 Å². The molecule has 20 heavy (non-hydrogen) atoms. The molecule has 102 valence electrons. The summed E-state index contributed by atoms with van der Waals surface area (Å²) in [6.07, 6.45) is -1.13. The number of rotatable bonds is 2. The van der Waals surface area contributed by atoms with Crippen LogP contribution in [0, 0.1) is 5.82 Å². The lowest BCUT2D eigenvalue weighted by Gasteiger charge is -2.12. The summed E-state index contributed by atoms with van der Waals surface area (Å²) >= 11 is 5.68. The number of hydrogen-bond donors (Lipinski definition) is 3. The number of aliphatic hydroxyl groups is 1. The summed E-state index contributed by atoms with van der Waals surface area (Å²) in [4.78, 5) is 16.4. The maximum atomic E-state index is 13.8. The number of aromatic amines is 2. The van der Waals surface area contributed by atoms with Crippen molar-refractivity contribution < 1.29 is 9.50 Å². The highest BCUT2D eigenvalue weighted by Gasteiger charge is 2.16. The molecule has 0 aliphatic carbocycles. The highest BCUT2D eigenvalue weighted by molar-refractivity contribution is 6.30. The Morgan fingerprint density at radius 3 is 2.60 bits per heavy atom. The van der Waals surface area contributed by atoms with E-state index in [1.807, 2.05) is 0 Å². The lowest BCUT2D eigenvalue weighted by Crippen LogP contribution is -2.02. The van der Waals surface area contributed by atoms with Crippen molar-refractivity contribution in [3.63, 3.8) is 0 Å². The molecule has 0 fully saturated rings. The normalized spacial score (nSPS) is 12.8. The Bertz CT molecular complexity index is 841. The highest BCUT2D eigenvalue weighted by Crippen LogP contribution is 2.27. The Balaban J connectivity index is 2.06. The SMILES string of the molecule is O=c1[nH]c2ccc(C(O)c3ccc(Cl)cc3F)cc2[nH]1. The summed E-state index contributed by atoms with van der Waals surface area (Å²) in [6, 6.07) is 8.99. The number of aromatic nitrogens is 2. The number of H-pyrrole nitrogens is 2. The zero-order valence-electron chi connectivity index (χ0n) is 10.2. The average molecular weight is 293 g/mol. The predicted octanol–water partition coefficient (Wildman–Crippen LogP) is 2.73. The van der Waals surface area contributed by atoms with E-state index in [9.17, 15) is 14.3 Å². The summed E-state index contributed by atoms with van der Waals surface area (Å²) in [7, 11) is 0. The molecule has 3 rings (SSSR count). The topological polar surface area (TPSA) is 68.9 Å². The van der Waals surface area contributed by atoms with Crippen LogP contribution < -0.4 is 5.69 Å². The fourth-order valence-corrected chi connectivity index (χ4v) is 2.28. The van der Waals surface area contributed by atoms with E-state index in [2.05, 4.69) is 9.97 Å². The van der Waals surface area contributed by atoms with Crippen molar-refractivity contribution in [2.24, 2.45) is 0 Å². The minimum absolute atomic E-state index is 0.131. The van der Waals surface area contributed by atoms with Crippen LogP contribution in [0.3, 0.4) is 0 Å². The molecule has 0 spiro atoms. The van der Waals surface area contributed by atoms with Crippen molar-refractivity contribution in [2.75, 3.05) is 0 Å². The van der Waals surface area contributed by atoms with E-state index in [-0.39, 0.29) is 16.3 Å². The fraction of sp³-hybridized carbons (Fsp3) is 0.0714. The van der Waals surface area contributed by atoms with Crippen molar-refractivity contribution in [1.82, 2.24) is 9.97 Å². The first-order valence-electron chi connectivity index (χ1n) is 5.89. The molecule has 6 heteroatoms. The summed E-state index contributed by atoms with van der Waals surface area (Å²) in [5.41, 5.74) is 1.47. The van der Waals surface area contributed by atoms with E-state index in [4.69, 9.17) is 11.6 Å². The maximum Gasteiger partial charge on any atom is 0.323 e. The second-order valence-electron chi connectivity index (χ2n) is 4.45. The number of fused-ring (bicyclic) bond motifs is 1. The smallest absolute Gasteiger partial charge is 0.323 e. The molecule has 1 unspecified atom stereocenters. The van der Waals surface area contributed by atoms with Crippen LogP contribution in [0.4, 0.5) is 4.39 Å². The van der Waals surface area contributed by atoms with Gasteiger partial charge in [-0.2, -0.15) is 0 Å². The van der Waals surface area contributed by atoms with Crippen LogP contribution in [0.2, 0.25) is 5.02 Å². The summed E-state index contributed by atoms with van der Waals surface area (Å²) < 4.78 is 13.8. The average Bonchev–Trinajstić information content (AvgIpc) is 2.77. The molecule has 3 N–H and O–H groups in total. The number of benzene rings is 2. The van der Waals surface area contributed by atoms with Crippen molar-refractivity contribution >= 4 is 22.6 Å². The standard InChI is InChI=1S/C14H10ClFN2O2/c15-8-2-3-9(10(16)6-8)13(19)7-1-4-11-12(5-7)18-14(20)17-11/h1-6,13,19H,(H2,17,18,20). The van der Waals surface area contributed by atoms with Gasteiger partial charge < -0.3 is 15.1 Å². The van der Waals surface area contributed by atoms with Crippen molar-refractivity contribution in [3.8, 4) is 0 Å². The monoisotopic (exact) mass is 292 g/mol. The van der Waals surface area contributed by atoms with Crippen LogP contribution in [0.25, 0.3) is 11.0 Å². The molecule has 0 saturated carbocycles. The van der Waals surface area contributed by atoms with E-state index in [1.54, 1.807) is 18.2 Å². The molecular formula is C14H10ClFN2O2. The van der Waals surface area contributed by atoms with E-state index < -0.39 is 11.9 Å². The van der Waals surface area contributed by atoms with Gasteiger partial charge in [0.1, 0.15) is 11.9 Å². The van der Waals surface area contributed by atoms with Crippen LogP contribution in [0.1, 0.15) is 17.2 Å². The van der Waals surface area contributed by atoms with Gasteiger partial charge in [0.25, 0.3) is 0 Å². The van der Waals surface area contributed by atoms with E-state index in [0.717, 1.165) is 6.07 Å². The quantitative estimate of drug-likeness (QED) is 0.680. The molecule has 1 aromatic heterocycles. The summed E-state index contributed by atoms with van der Waals surface area (Å²) in [5, 5.41) is 10.5. The summed E-state index contributed by atoms with van der Waals surface area (Å²) in [6.45, 7) is 0. The third kappa shape index (κ3) is 2.21. The van der Waals surface area contributed by atoms with Gasteiger partial charge in [-0.1, -0.05) is 23.7 Å². The molecule has 2 aromatic carbocycles.